The Balaban J connectivity index is 1.96. The third kappa shape index (κ3) is 2.43. The summed E-state index contributed by atoms with van der Waals surface area (Å²) in [6, 6.07) is 5.52. The topological polar surface area (TPSA) is 56.7 Å². The van der Waals surface area contributed by atoms with Gasteiger partial charge >= 0.3 is 0 Å². The maximum absolute atomic E-state index is 6.23. The number of rotatable bonds is 4. The van der Waals surface area contributed by atoms with Gasteiger partial charge in [0, 0.05) is 28.1 Å². The summed E-state index contributed by atoms with van der Waals surface area (Å²) in [5, 5.41) is 9.74. The predicted molar refractivity (Wildman–Crippen MR) is 80.1 cm³/mol. The summed E-state index contributed by atoms with van der Waals surface area (Å²) < 4.78 is 1.90. The smallest absolute Gasteiger partial charge is 0.0997 e. The monoisotopic (exact) mass is 310 g/mol. The lowest BCUT2D eigenvalue weighted by Crippen LogP contribution is -2.18. The van der Waals surface area contributed by atoms with Gasteiger partial charge in [0.2, 0.25) is 0 Å². The van der Waals surface area contributed by atoms with Crippen molar-refractivity contribution in [1.29, 1.82) is 0 Å². The van der Waals surface area contributed by atoms with E-state index in [1.54, 1.807) is 0 Å². The summed E-state index contributed by atoms with van der Waals surface area (Å²) >= 11 is 12.5. The van der Waals surface area contributed by atoms with Crippen LogP contribution in [0.2, 0.25) is 10.0 Å². The average Bonchev–Trinajstić information content (AvgIpc) is 2.75. The highest BCUT2D eigenvalue weighted by atomic mass is 35.5. The van der Waals surface area contributed by atoms with Crippen LogP contribution in [0.5, 0.6) is 0 Å². The molecule has 20 heavy (non-hydrogen) atoms. The van der Waals surface area contributed by atoms with Crippen LogP contribution in [0.15, 0.2) is 18.2 Å². The third-order valence-corrected chi connectivity index (χ3v) is 4.61. The van der Waals surface area contributed by atoms with Gasteiger partial charge in [-0.2, -0.15) is 0 Å². The molecule has 0 amide bonds. The van der Waals surface area contributed by atoms with E-state index >= 15 is 0 Å². The summed E-state index contributed by atoms with van der Waals surface area (Å²) in [6.45, 7) is 0.958. The zero-order valence-corrected chi connectivity index (χ0v) is 12.5. The van der Waals surface area contributed by atoms with Crippen LogP contribution in [0, 0.1) is 0 Å². The summed E-state index contributed by atoms with van der Waals surface area (Å²) in [4.78, 5) is 0. The number of hydrogen-bond acceptors (Lipinski definition) is 3. The maximum atomic E-state index is 6.23. The summed E-state index contributed by atoms with van der Waals surface area (Å²) in [5.41, 5.74) is 8.68. The second kappa shape index (κ2) is 5.72. The van der Waals surface area contributed by atoms with Crippen LogP contribution < -0.4 is 5.73 Å². The minimum absolute atomic E-state index is 0.419. The second-order valence-electron chi connectivity index (χ2n) is 5.11. The Morgan fingerprint density at radius 2 is 1.95 bits per heavy atom. The number of hydrogen-bond donors (Lipinski definition) is 1. The molecule has 3 rings (SSSR count). The van der Waals surface area contributed by atoms with Crippen molar-refractivity contribution in [3.63, 3.8) is 0 Å². The van der Waals surface area contributed by atoms with Gasteiger partial charge in [0.05, 0.1) is 17.9 Å². The van der Waals surface area contributed by atoms with Gasteiger partial charge in [-0.05, 0) is 25.0 Å². The summed E-state index contributed by atoms with van der Waals surface area (Å²) in [6.07, 6.45) is 3.61. The van der Waals surface area contributed by atoms with E-state index < -0.39 is 0 Å². The van der Waals surface area contributed by atoms with Crippen LogP contribution in [0.1, 0.15) is 42.1 Å². The van der Waals surface area contributed by atoms with Gasteiger partial charge in [-0.15, -0.1) is 5.10 Å². The zero-order valence-electron chi connectivity index (χ0n) is 11.0. The van der Waals surface area contributed by atoms with Gasteiger partial charge in [0.25, 0.3) is 0 Å². The van der Waals surface area contributed by atoms with Crippen molar-refractivity contribution >= 4 is 23.2 Å². The highest BCUT2D eigenvalue weighted by molar-refractivity contribution is 6.35. The van der Waals surface area contributed by atoms with E-state index in [9.17, 15) is 0 Å². The highest BCUT2D eigenvalue weighted by Gasteiger charge is 2.27. The van der Waals surface area contributed by atoms with Crippen molar-refractivity contribution in [1.82, 2.24) is 15.0 Å². The molecule has 0 atom stereocenters. The van der Waals surface area contributed by atoms with Gasteiger partial charge in [0.15, 0.2) is 0 Å². The van der Waals surface area contributed by atoms with Crippen LogP contribution in [-0.2, 0) is 13.1 Å². The molecule has 1 aliphatic carbocycles. The normalized spacial score (nSPS) is 15.3. The molecule has 1 saturated carbocycles. The quantitative estimate of drug-likeness (QED) is 0.942. The largest absolute Gasteiger partial charge is 0.325 e. The lowest BCUT2D eigenvalue weighted by atomic mass is 9.82. The minimum atomic E-state index is 0.419. The molecule has 0 unspecified atom stereocenters. The molecule has 4 nitrogen and oxygen atoms in total. The molecule has 0 spiro atoms. The number of aromatic nitrogens is 3. The first-order valence-electron chi connectivity index (χ1n) is 6.76. The van der Waals surface area contributed by atoms with Gasteiger partial charge in [-0.25, -0.2) is 4.68 Å². The van der Waals surface area contributed by atoms with Crippen LogP contribution in [0.25, 0.3) is 0 Å². The van der Waals surface area contributed by atoms with E-state index in [1.807, 2.05) is 22.9 Å². The molecule has 2 N–H and O–H groups in total. The Bertz CT molecular complexity index is 599. The van der Waals surface area contributed by atoms with Crippen LogP contribution >= 0.6 is 23.2 Å². The van der Waals surface area contributed by atoms with Crippen molar-refractivity contribution in [2.24, 2.45) is 5.73 Å². The molecule has 2 aromatic rings. The number of benzene rings is 1. The van der Waals surface area contributed by atoms with E-state index in [4.69, 9.17) is 28.9 Å². The van der Waals surface area contributed by atoms with Gasteiger partial charge in [0.1, 0.15) is 0 Å². The molecule has 0 radical (unpaired) electrons. The molecule has 1 fully saturated rings. The zero-order chi connectivity index (χ0) is 14.1. The molecule has 1 aromatic carbocycles. The Labute approximate surface area is 127 Å². The first-order valence-corrected chi connectivity index (χ1v) is 7.51. The Kier molecular flexibility index (Phi) is 3.96. The number of nitrogens with two attached hydrogens (primary N) is 1. The van der Waals surface area contributed by atoms with Gasteiger partial charge in [-0.1, -0.05) is 40.9 Å². The minimum Gasteiger partial charge on any atom is -0.325 e. The molecular weight excluding hydrogens is 295 g/mol. The van der Waals surface area contributed by atoms with Crippen molar-refractivity contribution in [3.8, 4) is 0 Å². The van der Waals surface area contributed by atoms with E-state index in [1.165, 1.54) is 19.3 Å². The van der Waals surface area contributed by atoms with Crippen LogP contribution in [0.3, 0.4) is 0 Å². The fraction of sp³-hybridized carbons (Fsp3) is 0.429. The molecule has 6 heteroatoms. The molecule has 0 saturated heterocycles. The SMILES string of the molecule is NCc1nnn(Cc2c(Cl)cccc2Cl)c1C1CCC1. The highest BCUT2D eigenvalue weighted by Crippen LogP contribution is 2.38. The molecule has 0 aliphatic heterocycles. The summed E-state index contributed by atoms with van der Waals surface area (Å²) in [7, 11) is 0. The van der Waals surface area contributed by atoms with E-state index in [-0.39, 0.29) is 0 Å². The van der Waals surface area contributed by atoms with Crippen molar-refractivity contribution in [2.45, 2.75) is 38.3 Å². The van der Waals surface area contributed by atoms with Crippen molar-refractivity contribution in [3.05, 3.63) is 45.2 Å². The number of nitrogens with zero attached hydrogens (tertiary/aromatic N) is 3. The Hall–Kier alpha value is -1.10. The maximum Gasteiger partial charge on any atom is 0.0997 e. The molecule has 106 valence electrons. The van der Waals surface area contributed by atoms with Gasteiger partial charge < -0.3 is 5.73 Å². The van der Waals surface area contributed by atoms with E-state index in [0.717, 1.165) is 17.0 Å². The molecule has 0 bridgehead atoms. The van der Waals surface area contributed by atoms with Crippen LogP contribution in [-0.4, -0.2) is 15.0 Å². The lowest BCUT2D eigenvalue weighted by molar-refractivity contribution is 0.390. The van der Waals surface area contributed by atoms with Crippen LogP contribution in [0.4, 0.5) is 0 Å². The van der Waals surface area contributed by atoms with Crippen molar-refractivity contribution < 1.29 is 0 Å². The average molecular weight is 311 g/mol. The molecule has 1 heterocycles. The fourth-order valence-electron chi connectivity index (χ4n) is 2.58. The summed E-state index contributed by atoms with van der Waals surface area (Å²) in [5.74, 6) is 0.518. The lowest BCUT2D eigenvalue weighted by Gasteiger charge is -2.26. The van der Waals surface area contributed by atoms with E-state index in [0.29, 0.717) is 29.1 Å². The molecular formula is C14H16Cl2N4. The van der Waals surface area contributed by atoms with Gasteiger partial charge in [-0.3, -0.25) is 0 Å². The third-order valence-electron chi connectivity index (χ3n) is 3.90. The molecule has 1 aromatic heterocycles. The first-order chi connectivity index (χ1) is 9.70. The van der Waals surface area contributed by atoms with Crippen molar-refractivity contribution in [2.75, 3.05) is 0 Å². The number of halogens is 2. The Morgan fingerprint density at radius 1 is 1.25 bits per heavy atom. The molecule has 1 aliphatic rings. The van der Waals surface area contributed by atoms with E-state index in [2.05, 4.69) is 10.3 Å². The Morgan fingerprint density at radius 3 is 2.50 bits per heavy atom. The second-order valence-corrected chi connectivity index (χ2v) is 5.93. The standard InChI is InChI=1S/C14H16Cl2N4/c15-11-5-2-6-12(16)10(11)8-20-14(9-3-1-4-9)13(7-17)18-19-20/h2,5-6,9H,1,3-4,7-8,17H2. The first kappa shape index (κ1) is 13.9. The fourth-order valence-corrected chi connectivity index (χ4v) is 3.10. The predicted octanol–water partition coefficient (Wildman–Crippen LogP) is 3.36.